The summed E-state index contributed by atoms with van der Waals surface area (Å²) in [5, 5.41) is 12.5. The lowest BCUT2D eigenvalue weighted by atomic mass is 9.92. The fourth-order valence-corrected chi connectivity index (χ4v) is 2.20. The molecule has 1 heterocycles. The van der Waals surface area contributed by atoms with Crippen LogP contribution in [-0.2, 0) is 6.42 Å². The van der Waals surface area contributed by atoms with E-state index in [1.807, 2.05) is 0 Å². The number of hydrogen-bond donors (Lipinski definition) is 2. The lowest BCUT2D eigenvalue weighted by molar-refractivity contribution is 0.183. The van der Waals surface area contributed by atoms with Crippen LogP contribution in [0.1, 0.15) is 18.4 Å². The Labute approximate surface area is 91.3 Å². The lowest BCUT2D eigenvalue weighted by Crippen LogP contribution is -2.41. The maximum Gasteiger partial charge on any atom is 0.0471 e. The van der Waals surface area contributed by atoms with E-state index in [2.05, 4.69) is 35.6 Å². The fraction of sp³-hybridized carbons (Fsp3) is 0.538. The lowest BCUT2D eigenvalue weighted by Gasteiger charge is -2.28. The molecule has 15 heavy (non-hydrogen) atoms. The number of aliphatic hydroxyl groups excluding tert-OH is 1. The summed E-state index contributed by atoms with van der Waals surface area (Å²) in [4.78, 5) is 0. The van der Waals surface area contributed by atoms with Crippen LogP contribution in [0.4, 0.5) is 0 Å². The van der Waals surface area contributed by atoms with Crippen LogP contribution in [0.25, 0.3) is 0 Å². The predicted molar refractivity (Wildman–Crippen MR) is 61.7 cm³/mol. The first-order valence-corrected chi connectivity index (χ1v) is 5.76. The molecular weight excluding hydrogens is 186 g/mol. The molecule has 0 radical (unpaired) electrons. The Morgan fingerprint density at radius 1 is 1.20 bits per heavy atom. The molecule has 2 N–H and O–H groups in total. The van der Waals surface area contributed by atoms with E-state index in [1.54, 1.807) is 0 Å². The van der Waals surface area contributed by atoms with Crippen molar-refractivity contribution in [2.45, 2.75) is 25.3 Å². The van der Waals surface area contributed by atoms with Crippen molar-refractivity contribution in [1.82, 2.24) is 5.32 Å². The Hall–Kier alpha value is -0.860. The van der Waals surface area contributed by atoms with Gasteiger partial charge in [0.1, 0.15) is 0 Å². The van der Waals surface area contributed by atoms with E-state index >= 15 is 0 Å². The van der Waals surface area contributed by atoms with Gasteiger partial charge in [-0.25, -0.2) is 0 Å². The van der Waals surface area contributed by atoms with Crippen molar-refractivity contribution < 1.29 is 5.11 Å². The summed E-state index contributed by atoms with van der Waals surface area (Å²) in [5.74, 6) is 0.469. The topological polar surface area (TPSA) is 32.3 Å². The van der Waals surface area contributed by atoms with Gasteiger partial charge in [0.25, 0.3) is 0 Å². The molecule has 82 valence electrons. The second kappa shape index (κ2) is 5.29. The van der Waals surface area contributed by atoms with Gasteiger partial charge in [-0.1, -0.05) is 30.3 Å². The summed E-state index contributed by atoms with van der Waals surface area (Å²) in [6.07, 6.45) is 3.44. The molecule has 2 heteroatoms. The van der Waals surface area contributed by atoms with Crippen molar-refractivity contribution in [3.63, 3.8) is 0 Å². The van der Waals surface area contributed by atoms with Gasteiger partial charge in [-0.05, 0) is 30.7 Å². The van der Waals surface area contributed by atoms with Gasteiger partial charge in [0.15, 0.2) is 0 Å². The number of benzene rings is 1. The molecule has 0 amide bonds. The maximum absolute atomic E-state index is 9.03. The first kappa shape index (κ1) is 10.7. The number of piperidine rings is 1. The molecule has 0 aliphatic carbocycles. The summed E-state index contributed by atoms with van der Waals surface area (Å²) < 4.78 is 0. The monoisotopic (exact) mass is 205 g/mol. The number of nitrogens with one attached hydrogen (secondary N) is 1. The largest absolute Gasteiger partial charge is 0.396 e. The number of rotatable bonds is 3. The molecule has 2 unspecified atom stereocenters. The van der Waals surface area contributed by atoms with Gasteiger partial charge in [0.05, 0.1) is 0 Å². The first-order valence-electron chi connectivity index (χ1n) is 5.76. The molecule has 0 saturated carbocycles. The normalized spacial score (nSPS) is 26.5. The van der Waals surface area contributed by atoms with E-state index in [0.717, 1.165) is 19.4 Å². The summed E-state index contributed by atoms with van der Waals surface area (Å²) in [7, 11) is 0. The summed E-state index contributed by atoms with van der Waals surface area (Å²) in [6, 6.07) is 11.2. The van der Waals surface area contributed by atoms with Crippen LogP contribution in [-0.4, -0.2) is 24.3 Å². The molecule has 1 fully saturated rings. The van der Waals surface area contributed by atoms with E-state index in [9.17, 15) is 0 Å². The average molecular weight is 205 g/mol. The van der Waals surface area contributed by atoms with E-state index in [1.165, 1.54) is 12.0 Å². The van der Waals surface area contributed by atoms with Crippen molar-refractivity contribution in [2.24, 2.45) is 5.92 Å². The van der Waals surface area contributed by atoms with Crippen molar-refractivity contribution in [2.75, 3.05) is 13.2 Å². The third kappa shape index (κ3) is 3.05. The maximum atomic E-state index is 9.03. The van der Waals surface area contributed by atoms with E-state index < -0.39 is 0 Å². The molecule has 1 aromatic rings. The van der Waals surface area contributed by atoms with E-state index in [4.69, 9.17) is 5.11 Å². The van der Waals surface area contributed by atoms with Gasteiger partial charge in [0, 0.05) is 19.2 Å². The summed E-state index contributed by atoms with van der Waals surface area (Å²) in [6.45, 7) is 1.29. The van der Waals surface area contributed by atoms with Gasteiger partial charge >= 0.3 is 0 Å². The van der Waals surface area contributed by atoms with E-state index in [0.29, 0.717) is 18.6 Å². The minimum atomic E-state index is 0.324. The van der Waals surface area contributed by atoms with Crippen molar-refractivity contribution >= 4 is 0 Å². The van der Waals surface area contributed by atoms with Crippen LogP contribution in [0.3, 0.4) is 0 Å². The van der Waals surface area contributed by atoms with Crippen molar-refractivity contribution in [3.8, 4) is 0 Å². The first-order chi connectivity index (χ1) is 7.38. The molecule has 1 aliphatic rings. The van der Waals surface area contributed by atoms with E-state index in [-0.39, 0.29) is 0 Å². The highest BCUT2D eigenvalue weighted by atomic mass is 16.3. The van der Waals surface area contributed by atoms with Crippen LogP contribution >= 0.6 is 0 Å². The molecule has 1 saturated heterocycles. The standard InChI is InChI=1S/C13H19NO/c15-10-12-6-7-13(14-9-12)8-11-4-2-1-3-5-11/h1-5,12-15H,6-10H2. The molecule has 1 aromatic carbocycles. The number of aliphatic hydroxyl groups is 1. The molecule has 0 spiro atoms. The molecule has 1 aliphatic heterocycles. The quantitative estimate of drug-likeness (QED) is 0.785. The van der Waals surface area contributed by atoms with Gasteiger partial charge in [-0.3, -0.25) is 0 Å². The summed E-state index contributed by atoms with van der Waals surface area (Å²) in [5.41, 5.74) is 1.40. The molecular formula is C13H19NO. The molecule has 2 nitrogen and oxygen atoms in total. The van der Waals surface area contributed by atoms with Gasteiger partial charge in [-0.2, -0.15) is 0 Å². The average Bonchev–Trinajstić information content (AvgIpc) is 2.31. The van der Waals surface area contributed by atoms with Crippen molar-refractivity contribution in [3.05, 3.63) is 35.9 Å². The summed E-state index contributed by atoms with van der Waals surface area (Å²) >= 11 is 0. The minimum absolute atomic E-state index is 0.324. The third-order valence-corrected chi connectivity index (χ3v) is 3.20. The second-order valence-corrected chi connectivity index (χ2v) is 4.42. The highest BCUT2D eigenvalue weighted by molar-refractivity contribution is 5.16. The Kier molecular flexibility index (Phi) is 3.75. The van der Waals surface area contributed by atoms with Crippen LogP contribution in [0.5, 0.6) is 0 Å². The molecule has 2 atom stereocenters. The van der Waals surface area contributed by atoms with Crippen LogP contribution < -0.4 is 5.32 Å². The zero-order valence-electron chi connectivity index (χ0n) is 9.02. The van der Waals surface area contributed by atoms with Gasteiger partial charge in [-0.15, -0.1) is 0 Å². The SMILES string of the molecule is OCC1CCC(Cc2ccccc2)NC1. The van der Waals surface area contributed by atoms with Crippen LogP contribution in [0.15, 0.2) is 30.3 Å². The smallest absolute Gasteiger partial charge is 0.0471 e. The number of hydrogen-bond acceptors (Lipinski definition) is 2. The van der Waals surface area contributed by atoms with Crippen LogP contribution in [0.2, 0.25) is 0 Å². The molecule has 2 rings (SSSR count). The second-order valence-electron chi connectivity index (χ2n) is 4.42. The zero-order valence-corrected chi connectivity index (χ0v) is 9.02. The Morgan fingerprint density at radius 3 is 2.60 bits per heavy atom. The Morgan fingerprint density at radius 2 is 2.00 bits per heavy atom. The van der Waals surface area contributed by atoms with Gasteiger partial charge in [0.2, 0.25) is 0 Å². The molecule has 0 aromatic heterocycles. The highest BCUT2D eigenvalue weighted by Crippen LogP contribution is 2.16. The van der Waals surface area contributed by atoms with Crippen molar-refractivity contribution in [1.29, 1.82) is 0 Å². The Balaban J connectivity index is 1.82. The minimum Gasteiger partial charge on any atom is -0.396 e. The fourth-order valence-electron chi connectivity index (χ4n) is 2.20. The van der Waals surface area contributed by atoms with Crippen LogP contribution in [0, 0.1) is 5.92 Å². The third-order valence-electron chi connectivity index (χ3n) is 3.20. The Bertz CT molecular complexity index is 278. The highest BCUT2D eigenvalue weighted by Gasteiger charge is 2.19. The predicted octanol–water partition coefficient (Wildman–Crippen LogP) is 1.59. The molecule has 0 bridgehead atoms. The van der Waals surface area contributed by atoms with Gasteiger partial charge < -0.3 is 10.4 Å². The zero-order chi connectivity index (χ0) is 10.5.